The second-order valence-corrected chi connectivity index (χ2v) is 34.7. The number of hydrogen-bond donors (Lipinski definition) is 0. The first-order chi connectivity index (χ1) is 22.0. The zero-order valence-electron chi connectivity index (χ0n) is 33.5. The lowest BCUT2D eigenvalue weighted by atomic mass is 9.99. The van der Waals surface area contributed by atoms with Crippen LogP contribution in [0.3, 0.4) is 0 Å². The summed E-state index contributed by atoms with van der Waals surface area (Å²) in [5.41, 5.74) is 0.635. The van der Waals surface area contributed by atoms with Gasteiger partial charge in [0, 0.05) is 22.3 Å². The maximum absolute atomic E-state index is 13.5. The van der Waals surface area contributed by atoms with Gasteiger partial charge in [-0.2, -0.15) is 0 Å². The van der Waals surface area contributed by atoms with Crippen LogP contribution < -0.4 is 0 Å². The van der Waals surface area contributed by atoms with Gasteiger partial charge in [-0.1, -0.05) is 85.7 Å². The molecule has 0 radical (unpaired) electrons. The minimum absolute atomic E-state index is 0.0240. The number of benzene rings is 1. The third kappa shape index (κ3) is 12.0. The fourth-order valence-electron chi connectivity index (χ4n) is 5.02. The molecule has 282 valence electrons. The van der Waals surface area contributed by atoms with Crippen LogP contribution in [0.25, 0.3) is 0 Å². The van der Waals surface area contributed by atoms with Crippen molar-refractivity contribution < 1.29 is 27.5 Å². The van der Waals surface area contributed by atoms with E-state index in [2.05, 4.69) is 109 Å². The van der Waals surface area contributed by atoms with Crippen molar-refractivity contribution >= 4 is 70.7 Å². The molecule has 2 rings (SSSR count). The van der Waals surface area contributed by atoms with E-state index in [-0.39, 0.29) is 44.5 Å². The molecule has 12 heteroatoms. The van der Waals surface area contributed by atoms with Crippen LogP contribution in [0.2, 0.25) is 59.4 Å². The number of thioether (sulfide) groups is 1. The molecule has 1 fully saturated rings. The van der Waals surface area contributed by atoms with Gasteiger partial charge in [0.2, 0.25) is 4.38 Å². The average Bonchev–Trinajstić information content (AvgIpc) is 3.25. The molecule has 0 spiro atoms. The Morgan fingerprint density at radius 3 is 1.71 bits per heavy atom. The quantitative estimate of drug-likeness (QED) is 0.105. The number of halogens is 1. The smallest absolute Gasteiger partial charge is 0.220 e. The molecule has 1 aliphatic rings. The minimum atomic E-state index is -2.35. The summed E-state index contributed by atoms with van der Waals surface area (Å²) in [5, 5.41) is 0.325. The van der Waals surface area contributed by atoms with Gasteiger partial charge in [0.15, 0.2) is 30.7 Å². The molecule has 1 aromatic rings. The number of thiocarbonyl (C=S) groups is 1. The molecule has 1 saturated heterocycles. The number of hydrogen-bond acceptors (Lipinski definition) is 8. The Kier molecular flexibility index (Phi) is 15.6. The first-order valence-corrected chi connectivity index (χ1v) is 28.2. The number of Topliss-reactive ketones (excluding diaryl/α,β-unsaturated/α-hetero) is 1. The molecular weight excluding hydrogens is 724 g/mol. The molecule has 1 aliphatic heterocycles. The van der Waals surface area contributed by atoms with E-state index in [9.17, 15) is 4.79 Å². The fourth-order valence-corrected chi connectivity index (χ4v) is 10.7. The van der Waals surface area contributed by atoms with Gasteiger partial charge in [0.1, 0.15) is 12.2 Å². The van der Waals surface area contributed by atoms with E-state index in [0.29, 0.717) is 34.4 Å². The van der Waals surface area contributed by atoms with Gasteiger partial charge in [-0.05, 0) is 111 Å². The first kappa shape index (κ1) is 45.1. The van der Waals surface area contributed by atoms with Gasteiger partial charge < -0.3 is 22.8 Å². The Morgan fingerprint density at radius 2 is 1.29 bits per heavy atom. The molecule has 0 aromatic heterocycles. The van der Waals surface area contributed by atoms with Gasteiger partial charge in [-0.15, -0.1) is 0 Å². The third-order valence-corrected chi connectivity index (χ3v) is 26.5. The number of carbonyl (C=O) groups is 1. The van der Waals surface area contributed by atoms with Crippen molar-refractivity contribution in [2.45, 2.75) is 179 Å². The number of ketones is 1. The lowest BCUT2D eigenvalue weighted by Crippen LogP contribution is -2.56. The summed E-state index contributed by atoms with van der Waals surface area (Å²) in [5.74, 6) is 0.0460. The molecular formula is C37H67ClO6S2Si3. The number of ether oxygens (including phenoxy) is 2. The van der Waals surface area contributed by atoms with Crippen LogP contribution in [0.1, 0.15) is 99.4 Å². The zero-order valence-corrected chi connectivity index (χ0v) is 38.9. The van der Waals surface area contributed by atoms with Crippen LogP contribution in [-0.4, -0.2) is 77.5 Å². The fraction of sp³-hybridized carbons (Fsp3) is 0.784. The topological polar surface area (TPSA) is 63.2 Å². The van der Waals surface area contributed by atoms with E-state index in [0.717, 1.165) is 0 Å². The predicted molar refractivity (Wildman–Crippen MR) is 221 cm³/mol. The SMILES string of the molecule is CCOC(=S)S[C@@H](CCC(=O)c1ccc(Cl)cc1)[C@H]1O[C@@H]([C@@H](C)O[Si](C)(C)C(C)(C)C)[C@H](O[Si](C)(C)C(C)(C)C)[C@H]1O[Si](C)(C)C(C)(C)C. The van der Waals surface area contributed by atoms with E-state index in [1.54, 1.807) is 24.3 Å². The molecule has 0 bridgehead atoms. The van der Waals surface area contributed by atoms with Gasteiger partial charge in [0.25, 0.3) is 0 Å². The molecule has 1 heterocycles. The molecule has 6 atom stereocenters. The Bertz CT molecular complexity index is 1250. The summed E-state index contributed by atoms with van der Waals surface area (Å²) >= 11 is 13.3. The second kappa shape index (κ2) is 16.9. The Hall–Kier alpha value is -0.0894. The van der Waals surface area contributed by atoms with Gasteiger partial charge in [-0.25, -0.2) is 0 Å². The number of carbonyl (C=O) groups excluding carboxylic acids is 1. The maximum atomic E-state index is 13.5. The molecule has 1 aromatic carbocycles. The van der Waals surface area contributed by atoms with Gasteiger partial charge in [0.05, 0.1) is 24.9 Å². The first-order valence-electron chi connectivity index (χ1n) is 17.9. The molecule has 0 saturated carbocycles. The van der Waals surface area contributed by atoms with E-state index >= 15 is 0 Å². The van der Waals surface area contributed by atoms with Crippen molar-refractivity contribution in [2.75, 3.05) is 6.61 Å². The largest absolute Gasteiger partial charge is 0.479 e. The van der Waals surface area contributed by atoms with Crippen LogP contribution in [0.15, 0.2) is 24.3 Å². The summed E-state index contributed by atoms with van der Waals surface area (Å²) in [6, 6.07) is 7.08. The Labute approximate surface area is 317 Å². The predicted octanol–water partition coefficient (Wildman–Crippen LogP) is 11.7. The number of rotatable bonds is 14. The molecule has 49 heavy (non-hydrogen) atoms. The molecule has 0 unspecified atom stereocenters. The van der Waals surface area contributed by atoms with Gasteiger partial charge in [-0.3, -0.25) is 4.79 Å². The summed E-state index contributed by atoms with van der Waals surface area (Å²) in [6.07, 6.45) is -0.951. The molecule has 0 N–H and O–H groups in total. The highest BCUT2D eigenvalue weighted by atomic mass is 35.5. The standard InChI is InChI=1S/C37H67ClO6S2Si3/c1-18-40-34(45)46-29(24-23-28(39)26-19-21-27(38)22-20-26)31-33(44-49(16,17)37(9,10)11)32(43-48(14,15)36(6,7)8)30(41-31)25(2)42-47(12,13)35(3,4)5/h19-22,25,29-33H,18,23-24H2,1-17H3/t25-,29+,30+,31-,32+,33+/m1/s1. The normalized spacial score (nSPS) is 22.6. The van der Waals surface area contributed by atoms with Crippen LogP contribution in [-0.2, 0) is 22.8 Å². The lowest BCUT2D eigenvalue weighted by Gasteiger charge is -2.45. The summed E-state index contributed by atoms with van der Waals surface area (Å²) < 4.78 is 35.4. The maximum Gasteiger partial charge on any atom is 0.220 e. The second-order valence-electron chi connectivity index (χ2n) is 18.1. The van der Waals surface area contributed by atoms with Crippen LogP contribution in [0.5, 0.6) is 0 Å². The highest BCUT2D eigenvalue weighted by molar-refractivity contribution is 8.23. The van der Waals surface area contributed by atoms with Crippen LogP contribution in [0.4, 0.5) is 0 Å². The van der Waals surface area contributed by atoms with E-state index in [4.69, 9.17) is 46.6 Å². The summed E-state index contributed by atoms with van der Waals surface area (Å²) in [7, 11) is -6.84. The Morgan fingerprint density at radius 1 is 0.837 bits per heavy atom. The molecule has 0 aliphatic carbocycles. The third-order valence-electron chi connectivity index (χ3n) is 11.2. The monoisotopic (exact) mass is 790 g/mol. The van der Waals surface area contributed by atoms with Crippen molar-refractivity contribution in [3.8, 4) is 0 Å². The average molecular weight is 792 g/mol. The van der Waals surface area contributed by atoms with Crippen LogP contribution in [0, 0.1) is 0 Å². The van der Waals surface area contributed by atoms with Crippen molar-refractivity contribution in [3.05, 3.63) is 34.9 Å². The molecule has 0 amide bonds. The van der Waals surface area contributed by atoms with Gasteiger partial charge >= 0.3 is 0 Å². The minimum Gasteiger partial charge on any atom is -0.479 e. The lowest BCUT2D eigenvalue weighted by molar-refractivity contribution is -0.0508. The van der Waals surface area contributed by atoms with Crippen LogP contribution >= 0.6 is 35.6 Å². The van der Waals surface area contributed by atoms with E-state index in [1.807, 2.05) is 6.92 Å². The highest BCUT2D eigenvalue weighted by Gasteiger charge is 2.57. The highest BCUT2D eigenvalue weighted by Crippen LogP contribution is 2.47. The summed E-state index contributed by atoms with van der Waals surface area (Å²) in [4.78, 5) is 13.5. The Balaban J connectivity index is 2.73. The van der Waals surface area contributed by atoms with Crippen molar-refractivity contribution in [2.24, 2.45) is 0 Å². The van der Waals surface area contributed by atoms with E-state index in [1.165, 1.54) is 11.8 Å². The summed E-state index contributed by atoms with van der Waals surface area (Å²) in [6.45, 7) is 38.6. The van der Waals surface area contributed by atoms with Crippen molar-refractivity contribution in [1.29, 1.82) is 0 Å². The van der Waals surface area contributed by atoms with Crippen molar-refractivity contribution in [3.63, 3.8) is 0 Å². The van der Waals surface area contributed by atoms with E-state index < -0.39 is 37.2 Å². The molecule has 6 nitrogen and oxygen atoms in total. The zero-order chi connectivity index (χ0) is 38.0. The van der Waals surface area contributed by atoms with Crippen molar-refractivity contribution in [1.82, 2.24) is 0 Å².